The molecule has 1 N–H and O–H groups in total. The molecule has 166 valence electrons. The van der Waals surface area contributed by atoms with Crippen LogP contribution in [0, 0.1) is 5.92 Å². The molecule has 4 aliphatic rings. The van der Waals surface area contributed by atoms with Crippen molar-refractivity contribution in [2.75, 3.05) is 26.4 Å². The molecule has 1 aromatic rings. The molecule has 31 heavy (non-hydrogen) atoms. The summed E-state index contributed by atoms with van der Waals surface area (Å²) in [5, 5.41) is 9.47. The van der Waals surface area contributed by atoms with Crippen molar-refractivity contribution < 1.29 is 28.8 Å². The van der Waals surface area contributed by atoms with Crippen molar-refractivity contribution in [2.24, 2.45) is 5.92 Å². The van der Waals surface area contributed by atoms with E-state index in [2.05, 4.69) is 12.1 Å². The first-order valence-electron chi connectivity index (χ1n) is 11.3. The number of carboxylic acid groups (broad SMARTS) is 1. The fourth-order valence-electron chi connectivity index (χ4n) is 5.01. The molecular formula is C25H30O6. The maximum absolute atomic E-state index is 11.5. The third kappa shape index (κ3) is 4.29. The summed E-state index contributed by atoms with van der Waals surface area (Å²) >= 11 is 0. The predicted molar refractivity (Wildman–Crippen MR) is 114 cm³/mol. The molecule has 0 amide bonds. The monoisotopic (exact) mass is 426 g/mol. The van der Waals surface area contributed by atoms with Crippen molar-refractivity contribution in [3.63, 3.8) is 0 Å². The lowest BCUT2D eigenvalue weighted by atomic mass is 9.58. The summed E-state index contributed by atoms with van der Waals surface area (Å²) in [6, 6.07) is 8.36. The molecule has 2 aliphatic carbocycles. The van der Waals surface area contributed by atoms with E-state index < -0.39 is 17.5 Å². The number of benzene rings is 1. The van der Waals surface area contributed by atoms with Crippen LogP contribution in [0.1, 0.15) is 37.7 Å². The van der Waals surface area contributed by atoms with Gasteiger partial charge in [0, 0.05) is 5.41 Å². The zero-order valence-electron chi connectivity index (χ0n) is 17.7. The quantitative estimate of drug-likeness (QED) is 0.480. The summed E-state index contributed by atoms with van der Waals surface area (Å²) < 4.78 is 23.1. The molecule has 1 aromatic carbocycles. The number of hydrogen-bond acceptors (Lipinski definition) is 5. The fourth-order valence-corrected chi connectivity index (χ4v) is 5.01. The van der Waals surface area contributed by atoms with E-state index in [-0.39, 0.29) is 17.6 Å². The number of rotatable bonds is 9. The second-order valence-corrected chi connectivity index (χ2v) is 9.08. The van der Waals surface area contributed by atoms with E-state index in [1.165, 1.54) is 12.0 Å². The van der Waals surface area contributed by atoms with Crippen molar-refractivity contribution in [3.05, 3.63) is 54.1 Å². The minimum Gasteiger partial charge on any atom is -0.491 e. The lowest BCUT2D eigenvalue weighted by molar-refractivity contribution is -0.138. The van der Waals surface area contributed by atoms with E-state index in [4.69, 9.17) is 18.9 Å². The Hall–Kier alpha value is -2.15. The summed E-state index contributed by atoms with van der Waals surface area (Å²) in [5.74, 6) is -0.618. The normalized spacial score (nSPS) is 33.1. The van der Waals surface area contributed by atoms with E-state index in [1.54, 1.807) is 12.2 Å². The van der Waals surface area contributed by atoms with E-state index in [1.807, 2.05) is 24.3 Å². The van der Waals surface area contributed by atoms with Crippen LogP contribution in [0.15, 0.2) is 48.6 Å². The van der Waals surface area contributed by atoms with Crippen LogP contribution < -0.4 is 4.74 Å². The number of carboxylic acids is 1. The maximum Gasteiger partial charge on any atom is 0.314 e. The SMILES string of the molecule is O=C(O)[C@H]1C=C[C@@](OCC2CO2)(C2(c3ccc(OCC4CO4)cc3)CCCCC2)C=C1. The van der Waals surface area contributed by atoms with E-state index in [9.17, 15) is 9.90 Å². The van der Waals surface area contributed by atoms with Gasteiger partial charge in [-0.1, -0.05) is 55.7 Å². The predicted octanol–water partition coefficient (Wildman–Crippen LogP) is 3.65. The molecule has 2 heterocycles. The summed E-state index contributed by atoms with van der Waals surface area (Å²) in [6.07, 6.45) is 13.3. The van der Waals surface area contributed by atoms with Crippen LogP contribution in [0.4, 0.5) is 0 Å². The van der Waals surface area contributed by atoms with Gasteiger partial charge in [0.25, 0.3) is 0 Å². The Bertz CT molecular complexity index is 829. The van der Waals surface area contributed by atoms with Crippen molar-refractivity contribution >= 4 is 5.97 Å². The second kappa shape index (κ2) is 8.41. The third-order valence-electron chi connectivity index (χ3n) is 7.00. The van der Waals surface area contributed by atoms with Crippen molar-refractivity contribution in [3.8, 4) is 5.75 Å². The highest BCUT2D eigenvalue weighted by atomic mass is 16.6. The Morgan fingerprint density at radius 2 is 1.58 bits per heavy atom. The van der Waals surface area contributed by atoms with Gasteiger partial charge in [0.1, 0.15) is 30.2 Å². The summed E-state index contributed by atoms with van der Waals surface area (Å²) in [6.45, 7) is 2.60. The summed E-state index contributed by atoms with van der Waals surface area (Å²) in [4.78, 5) is 11.5. The van der Waals surface area contributed by atoms with Crippen LogP contribution in [0.25, 0.3) is 0 Å². The van der Waals surface area contributed by atoms with Gasteiger partial charge < -0.3 is 24.1 Å². The minimum atomic E-state index is -0.842. The van der Waals surface area contributed by atoms with Gasteiger partial charge in [0.05, 0.1) is 25.7 Å². The van der Waals surface area contributed by atoms with Crippen LogP contribution in [0.5, 0.6) is 5.75 Å². The van der Waals surface area contributed by atoms with Gasteiger partial charge in [0.2, 0.25) is 0 Å². The lowest BCUT2D eigenvalue weighted by Gasteiger charge is -2.51. The molecule has 1 saturated carbocycles. The van der Waals surface area contributed by atoms with Crippen LogP contribution >= 0.6 is 0 Å². The average molecular weight is 427 g/mol. The molecule has 3 fully saturated rings. The number of ether oxygens (including phenoxy) is 4. The van der Waals surface area contributed by atoms with Crippen molar-refractivity contribution in [2.45, 2.75) is 55.3 Å². The van der Waals surface area contributed by atoms with E-state index in [0.717, 1.165) is 44.6 Å². The molecule has 5 rings (SSSR count). The number of epoxide rings is 2. The fraction of sp³-hybridized carbons (Fsp3) is 0.560. The molecule has 2 atom stereocenters. The number of carbonyl (C=O) groups is 1. The molecule has 6 heteroatoms. The first-order chi connectivity index (χ1) is 15.1. The zero-order chi connectivity index (χ0) is 21.3. The van der Waals surface area contributed by atoms with Gasteiger partial charge >= 0.3 is 5.97 Å². The van der Waals surface area contributed by atoms with Crippen LogP contribution in [0.3, 0.4) is 0 Å². The molecule has 6 nitrogen and oxygen atoms in total. The molecule has 2 saturated heterocycles. The summed E-state index contributed by atoms with van der Waals surface area (Å²) in [7, 11) is 0. The first kappa shape index (κ1) is 20.7. The van der Waals surface area contributed by atoms with Crippen molar-refractivity contribution in [1.82, 2.24) is 0 Å². The molecular weight excluding hydrogens is 396 g/mol. The Labute approximate surface area is 182 Å². The summed E-state index contributed by atoms with van der Waals surface area (Å²) in [5.41, 5.74) is 0.270. The van der Waals surface area contributed by atoms with Gasteiger partial charge in [-0.25, -0.2) is 0 Å². The Morgan fingerprint density at radius 1 is 0.968 bits per heavy atom. The Kier molecular flexibility index (Phi) is 5.63. The third-order valence-corrected chi connectivity index (χ3v) is 7.00. The van der Waals surface area contributed by atoms with Gasteiger partial charge in [-0.15, -0.1) is 0 Å². The van der Waals surface area contributed by atoms with E-state index in [0.29, 0.717) is 13.2 Å². The number of hydrogen-bond donors (Lipinski definition) is 1. The smallest absolute Gasteiger partial charge is 0.314 e. The van der Waals surface area contributed by atoms with Gasteiger partial charge in [-0.3, -0.25) is 4.79 Å². The Morgan fingerprint density at radius 3 is 2.16 bits per heavy atom. The Balaban J connectivity index is 1.47. The van der Waals surface area contributed by atoms with Crippen LogP contribution in [0.2, 0.25) is 0 Å². The van der Waals surface area contributed by atoms with Crippen molar-refractivity contribution in [1.29, 1.82) is 0 Å². The lowest BCUT2D eigenvalue weighted by Crippen LogP contribution is -2.53. The largest absolute Gasteiger partial charge is 0.491 e. The first-order valence-corrected chi connectivity index (χ1v) is 11.3. The highest BCUT2D eigenvalue weighted by Gasteiger charge is 2.52. The highest BCUT2D eigenvalue weighted by Crippen LogP contribution is 2.52. The molecule has 0 spiro atoms. The maximum atomic E-state index is 11.5. The van der Waals surface area contributed by atoms with Crippen LogP contribution in [-0.4, -0.2) is 55.3 Å². The molecule has 0 aromatic heterocycles. The molecule has 0 radical (unpaired) electrons. The standard InChI is InChI=1S/C25H30O6/c26-23(27)18-8-12-25(13-9-18,31-17-22-16-30-22)24(10-2-1-3-11-24)19-4-6-20(7-5-19)28-14-21-15-29-21/h4-9,12-13,18,21-22H,1-3,10-11,14-17H2,(H,26,27)/t18-,21?,22?,25-. The van der Waals surface area contributed by atoms with E-state index >= 15 is 0 Å². The van der Waals surface area contributed by atoms with Gasteiger partial charge in [0.15, 0.2) is 0 Å². The van der Waals surface area contributed by atoms with Gasteiger partial charge in [-0.05, 0) is 30.5 Å². The van der Waals surface area contributed by atoms with Gasteiger partial charge in [-0.2, -0.15) is 0 Å². The van der Waals surface area contributed by atoms with Crippen LogP contribution in [-0.2, 0) is 24.4 Å². The molecule has 2 aliphatic heterocycles. The second-order valence-electron chi connectivity index (χ2n) is 9.08. The molecule has 0 bridgehead atoms. The molecule has 2 unspecified atom stereocenters. The zero-order valence-corrected chi connectivity index (χ0v) is 17.7. The average Bonchev–Trinajstić information content (AvgIpc) is 3.72. The topological polar surface area (TPSA) is 80.8 Å². The highest BCUT2D eigenvalue weighted by molar-refractivity contribution is 5.75. The minimum absolute atomic E-state index is 0.136. The number of aliphatic carboxylic acids is 1.